The number of nitro groups is 1. The number of hydrogen-bond donors (Lipinski definition) is 2. The molecule has 7 heteroatoms. The van der Waals surface area contributed by atoms with Gasteiger partial charge in [0.1, 0.15) is 5.56 Å². The summed E-state index contributed by atoms with van der Waals surface area (Å²) in [4.78, 5) is 21.1. The number of hydrogen-bond acceptors (Lipinski definition) is 6. The SMILES string of the molecule is COC(=O)c1ccc(NN)cc1[N+](=O)[O-]. The van der Waals surface area contributed by atoms with Crippen molar-refractivity contribution in [2.45, 2.75) is 0 Å². The molecule has 0 atom stereocenters. The van der Waals surface area contributed by atoms with E-state index in [2.05, 4.69) is 10.2 Å². The predicted octanol–water partition coefficient (Wildman–Crippen LogP) is 0.667. The monoisotopic (exact) mass is 211 g/mol. The molecule has 0 saturated heterocycles. The van der Waals surface area contributed by atoms with Gasteiger partial charge in [-0.25, -0.2) is 4.79 Å². The van der Waals surface area contributed by atoms with E-state index in [0.29, 0.717) is 5.69 Å². The molecule has 80 valence electrons. The average Bonchev–Trinajstić information content (AvgIpc) is 2.27. The van der Waals surface area contributed by atoms with E-state index < -0.39 is 10.9 Å². The molecule has 1 rings (SSSR count). The second kappa shape index (κ2) is 4.38. The summed E-state index contributed by atoms with van der Waals surface area (Å²) in [6.07, 6.45) is 0. The van der Waals surface area contributed by atoms with Gasteiger partial charge in [0.25, 0.3) is 5.69 Å². The molecular formula is C8H9N3O4. The van der Waals surface area contributed by atoms with Crippen LogP contribution in [0.1, 0.15) is 10.4 Å². The third-order valence-corrected chi connectivity index (χ3v) is 1.77. The first-order chi connectivity index (χ1) is 7.10. The number of hydrazine groups is 1. The van der Waals surface area contributed by atoms with Crippen LogP contribution in [0.25, 0.3) is 0 Å². The van der Waals surface area contributed by atoms with Gasteiger partial charge in [-0.1, -0.05) is 0 Å². The number of nitrogen functional groups attached to an aromatic ring is 1. The fraction of sp³-hybridized carbons (Fsp3) is 0.125. The lowest BCUT2D eigenvalue weighted by molar-refractivity contribution is -0.385. The summed E-state index contributed by atoms with van der Waals surface area (Å²) in [6, 6.07) is 3.88. The number of carbonyl (C=O) groups is 1. The molecule has 15 heavy (non-hydrogen) atoms. The van der Waals surface area contributed by atoms with Gasteiger partial charge in [-0.05, 0) is 12.1 Å². The summed E-state index contributed by atoms with van der Waals surface area (Å²) in [6.45, 7) is 0. The van der Waals surface area contributed by atoms with Crippen molar-refractivity contribution in [3.8, 4) is 0 Å². The van der Waals surface area contributed by atoms with Gasteiger partial charge in [-0.15, -0.1) is 0 Å². The Labute approximate surface area is 84.9 Å². The maximum Gasteiger partial charge on any atom is 0.344 e. The van der Waals surface area contributed by atoms with Crippen LogP contribution in [0.5, 0.6) is 0 Å². The van der Waals surface area contributed by atoms with Crippen LogP contribution in [0.2, 0.25) is 0 Å². The Kier molecular flexibility index (Phi) is 3.19. The Morgan fingerprint density at radius 3 is 2.73 bits per heavy atom. The normalized spacial score (nSPS) is 9.47. The minimum atomic E-state index is -0.759. The molecule has 0 aliphatic rings. The zero-order valence-electron chi connectivity index (χ0n) is 7.89. The first kappa shape index (κ1) is 10.9. The van der Waals surface area contributed by atoms with Crippen molar-refractivity contribution in [2.75, 3.05) is 12.5 Å². The van der Waals surface area contributed by atoms with Crippen LogP contribution < -0.4 is 11.3 Å². The zero-order valence-corrected chi connectivity index (χ0v) is 7.89. The molecule has 0 aromatic heterocycles. The van der Waals surface area contributed by atoms with Crippen LogP contribution in [0, 0.1) is 10.1 Å². The topological polar surface area (TPSA) is 107 Å². The first-order valence-electron chi connectivity index (χ1n) is 3.93. The number of nitrogens with two attached hydrogens (primary N) is 1. The quantitative estimate of drug-likeness (QED) is 0.329. The maximum absolute atomic E-state index is 11.2. The standard InChI is InChI=1S/C8H9N3O4/c1-15-8(12)6-3-2-5(10-9)4-7(6)11(13)14/h2-4,10H,9H2,1H3. The summed E-state index contributed by atoms with van der Waals surface area (Å²) in [5.41, 5.74) is 2.13. The van der Waals surface area contributed by atoms with Gasteiger partial charge in [0.15, 0.2) is 0 Å². The third-order valence-electron chi connectivity index (χ3n) is 1.77. The highest BCUT2D eigenvalue weighted by molar-refractivity contribution is 5.94. The Hall–Kier alpha value is -2.15. The molecule has 0 spiro atoms. The van der Waals surface area contributed by atoms with Crippen molar-refractivity contribution in [3.63, 3.8) is 0 Å². The second-order valence-electron chi connectivity index (χ2n) is 2.62. The van der Waals surface area contributed by atoms with Crippen molar-refractivity contribution in [3.05, 3.63) is 33.9 Å². The van der Waals surface area contributed by atoms with Gasteiger partial charge in [0.05, 0.1) is 17.7 Å². The van der Waals surface area contributed by atoms with E-state index in [4.69, 9.17) is 5.84 Å². The number of methoxy groups -OCH3 is 1. The summed E-state index contributed by atoms with van der Waals surface area (Å²) in [7, 11) is 1.15. The lowest BCUT2D eigenvalue weighted by Gasteiger charge is -2.03. The number of nitrogens with one attached hydrogen (secondary N) is 1. The summed E-state index contributed by atoms with van der Waals surface area (Å²) in [5.74, 6) is 4.33. The van der Waals surface area contributed by atoms with Gasteiger partial charge < -0.3 is 10.2 Å². The van der Waals surface area contributed by atoms with E-state index in [1.165, 1.54) is 12.1 Å². The molecule has 7 nitrogen and oxygen atoms in total. The smallest absolute Gasteiger partial charge is 0.344 e. The number of ether oxygens (including phenoxy) is 1. The molecular weight excluding hydrogens is 202 g/mol. The van der Waals surface area contributed by atoms with E-state index in [-0.39, 0.29) is 11.3 Å². The number of esters is 1. The highest BCUT2D eigenvalue weighted by Gasteiger charge is 2.20. The summed E-state index contributed by atoms with van der Waals surface area (Å²) < 4.78 is 4.41. The van der Waals surface area contributed by atoms with Crippen molar-refractivity contribution in [1.29, 1.82) is 0 Å². The fourth-order valence-corrected chi connectivity index (χ4v) is 1.06. The molecule has 1 aromatic rings. The zero-order chi connectivity index (χ0) is 11.4. The van der Waals surface area contributed by atoms with Crippen molar-refractivity contribution >= 4 is 17.3 Å². The number of nitrogens with zero attached hydrogens (tertiary/aromatic N) is 1. The molecule has 3 N–H and O–H groups in total. The number of anilines is 1. The van der Waals surface area contributed by atoms with Gasteiger partial charge >= 0.3 is 5.97 Å². The van der Waals surface area contributed by atoms with Crippen LogP contribution in [0.3, 0.4) is 0 Å². The molecule has 0 heterocycles. The van der Waals surface area contributed by atoms with Crippen molar-refractivity contribution in [1.82, 2.24) is 0 Å². The van der Waals surface area contributed by atoms with Crippen molar-refractivity contribution < 1.29 is 14.5 Å². The van der Waals surface area contributed by atoms with E-state index >= 15 is 0 Å². The lowest BCUT2D eigenvalue weighted by atomic mass is 10.1. The van der Waals surface area contributed by atoms with Gasteiger partial charge in [-0.3, -0.25) is 16.0 Å². The van der Waals surface area contributed by atoms with Crippen LogP contribution in [0.4, 0.5) is 11.4 Å². The Bertz CT molecular complexity index is 405. The van der Waals surface area contributed by atoms with Crippen LogP contribution >= 0.6 is 0 Å². The molecule has 0 saturated carbocycles. The number of benzene rings is 1. The molecule has 1 aromatic carbocycles. The average molecular weight is 211 g/mol. The highest BCUT2D eigenvalue weighted by atomic mass is 16.6. The van der Waals surface area contributed by atoms with Gasteiger partial charge in [0.2, 0.25) is 0 Å². The largest absolute Gasteiger partial charge is 0.465 e. The molecule has 0 amide bonds. The summed E-state index contributed by atoms with van der Waals surface area (Å²) in [5, 5.41) is 10.6. The van der Waals surface area contributed by atoms with Crippen molar-refractivity contribution in [2.24, 2.45) is 5.84 Å². The molecule has 0 bridgehead atoms. The fourth-order valence-electron chi connectivity index (χ4n) is 1.06. The Morgan fingerprint density at radius 1 is 1.60 bits per heavy atom. The maximum atomic E-state index is 11.2. The van der Waals surface area contributed by atoms with E-state index in [0.717, 1.165) is 13.2 Å². The highest BCUT2D eigenvalue weighted by Crippen LogP contribution is 2.23. The van der Waals surface area contributed by atoms with Gasteiger partial charge in [0, 0.05) is 6.07 Å². The van der Waals surface area contributed by atoms with Crippen LogP contribution in [-0.4, -0.2) is 18.0 Å². The molecule has 0 aliphatic heterocycles. The lowest BCUT2D eigenvalue weighted by Crippen LogP contribution is -2.10. The second-order valence-corrected chi connectivity index (χ2v) is 2.62. The summed E-state index contributed by atoms with van der Waals surface area (Å²) >= 11 is 0. The van der Waals surface area contributed by atoms with Crippen LogP contribution in [-0.2, 0) is 4.74 Å². The van der Waals surface area contributed by atoms with Gasteiger partial charge in [-0.2, -0.15) is 0 Å². The van der Waals surface area contributed by atoms with E-state index in [1.807, 2.05) is 0 Å². The molecule has 0 fully saturated rings. The number of rotatable bonds is 3. The first-order valence-corrected chi connectivity index (χ1v) is 3.93. The molecule has 0 aliphatic carbocycles. The minimum absolute atomic E-state index is 0.110. The molecule has 0 radical (unpaired) electrons. The molecule has 0 unspecified atom stereocenters. The Balaban J connectivity index is 3.27. The number of carbonyl (C=O) groups excluding carboxylic acids is 1. The minimum Gasteiger partial charge on any atom is -0.465 e. The predicted molar refractivity (Wildman–Crippen MR) is 52.2 cm³/mol. The third kappa shape index (κ3) is 2.20. The van der Waals surface area contributed by atoms with Crippen LogP contribution in [0.15, 0.2) is 18.2 Å². The van der Waals surface area contributed by atoms with E-state index in [1.54, 1.807) is 0 Å². The van der Waals surface area contributed by atoms with E-state index in [9.17, 15) is 14.9 Å². The Morgan fingerprint density at radius 2 is 2.27 bits per heavy atom. The number of nitro benzene ring substituents is 1.